The molecule has 2 aromatic heterocycles. The third-order valence-electron chi connectivity index (χ3n) is 4.52. The molecule has 0 aliphatic heterocycles. The topological polar surface area (TPSA) is 128 Å². The van der Waals surface area contributed by atoms with Gasteiger partial charge in [0.15, 0.2) is 0 Å². The Hall–Kier alpha value is -4.08. The smallest absolute Gasteiger partial charge is 0.273 e. The molecule has 0 aliphatic carbocycles. The maximum atomic E-state index is 12.5. The quantitative estimate of drug-likeness (QED) is 0.522. The molecule has 4 aromatic rings. The number of aromatic nitrogens is 6. The number of carbonyl (C=O) groups is 1. The largest absolute Gasteiger partial charge is 0.326 e. The molecule has 29 heavy (non-hydrogen) atoms. The first-order chi connectivity index (χ1) is 14.0. The minimum absolute atomic E-state index is 0.0297. The van der Waals surface area contributed by atoms with Crippen LogP contribution in [0.5, 0.6) is 0 Å². The van der Waals surface area contributed by atoms with Crippen molar-refractivity contribution in [3.63, 3.8) is 0 Å². The second kappa shape index (κ2) is 7.50. The van der Waals surface area contributed by atoms with Gasteiger partial charge < -0.3 is 5.32 Å². The number of nitrogens with one attached hydrogen (secondary N) is 2. The van der Waals surface area contributed by atoms with Gasteiger partial charge in [-0.25, -0.2) is 9.36 Å². The van der Waals surface area contributed by atoms with E-state index in [-0.39, 0.29) is 30.0 Å². The highest BCUT2D eigenvalue weighted by Crippen LogP contribution is 2.18. The molecular weight excluding hydrogens is 374 g/mol. The third-order valence-corrected chi connectivity index (χ3v) is 4.52. The van der Waals surface area contributed by atoms with Crippen LogP contribution in [0, 0.1) is 6.92 Å². The number of aryl methyl sites for hydroxylation is 2. The molecule has 2 N–H and O–H groups in total. The van der Waals surface area contributed by atoms with E-state index in [2.05, 4.69) is 25.9 Å². The molecule has 0 saturated carbocycles. The Morgan fingerprint density at radius 2 is 1.93 bits per heavy atom. The molecule has 4 rings (SSSR count). The highest BCUT2D eigenvalue weighted by molar-refractivity contribution is 5.91. The van der Waals surface area contributed by atoms with Crippen molar-refractivity contribution in [2.24, 2.45) is 0 Å². The number of hydrogen-bond donors (Lipinski definition) is 2. The molecule has 0 spiro atoms. The Balaban J connectivity index is 1.46. The van der Waals surface area contributed by atoms with Gasteiger partial charge in [-0.2, -0.15) is 0 Å². The van der Waals surface area contributed by atoms with Crippen molar-refractivity contribution in [3.8, 4) is 5.69 Å². The number of H-pyrrole nitrogens is 1. The molecule has 0 aliphatic rings. The SMILES string of the molecule is Cc1cc(NC(=O)CCn2[nH]c(=O)c3ccccc3c2=O)ccc1-n1cnnn1. The Kier molecular flexibility index (Phi) is 4.73. The second-order valence-electron chi connectivity index (χ2n) is 6.50. The van der Waals surface area contributed by atoms with E-state index in [4.69, 9.17) is 0 Å². The number of nitrogens with zero attached hydrogens (tertiary/aromatic N) is 5. The maximum Gasteiger partial charge on any atom is 0.273 e. The van der Waals surface area contributed by atoms with Gasteiger partial charge in [-0.1, -0.05) is 12.1 Å². The molecule has 0 atom stereocenters. The zero-order chi connectivity index (χ0) is 20.4. The Labute approximate surface area is 163 Å². The van der Waals surface area contributed by atoms with Crippen LogP contribution in [0.4, 0.5) is 5.69 Å². The van der Waals surface area contributed by atoms with Crippen molar-refractivity contribution in [3.05, 3.63) is 75.1 Å². The van der Waals surface area contributed by atoms with E-state index in [1.165, 1.54) is 11.0 Å². The van der Waals surface area contributed by atoms with Crippen LogP contribution in [0.15, 0.2) is 58.4 Å². The van der Waals surface area contributed by atoms with Gasteiger partial charge in [-0.15, -0.1) is 5.10 Å². The summed E-state index contributed by atoms with van der Waals surface area (Å²) >= 11 is 0. The molecule has 2 heterocycles. The summed E-state index contributed by atoms with van der Waals surface area (Å²) in [7, 11) is 0. The highest BCUT2D eigenvalue weighted by atomic mass is 16.2. The van der Waals surface area contributed by atoms with Crippen molar-refractivity contribution < 1.29 is 4.79 Å². The molecule has 0 bridgehead atoms. The highest BCUT2D eigenvalue weighted by Gasteiger charge is 2.10. The average molecular weight is 391 g/mol. The van der Waals surface area contributed by atoms with Gasteiger partial charge in [0.1, 0.15) is 6.33 Å². The summed E-state index contributed by atoms with van der Waals surface area (Å²) in [4.78, 5) is 36.9. The van der Waals surface area contributed by atoms with Gasteiger partial charge in [-0.3, -0.25) is 19.5 Å². The number of fused-ring (bicyclic) bond motifs is 1. The molecule has 0 unspecified atom stereocenters. The molecule has 146 valence electrons. The maximum absolute atomic E-state index is 12.5. The van der Waals surface area contributed by atoms with Gasteiger partial charge in [0.25, 0.3) is 11.1 Å². The Bertz CT molecular complexity index is 1310. The predicted molar refractivity (Wildman–Crippen MR) is 106 cm³/mol. The average Bonchev–Trinajstić information content (AvgIpc) is 3.24. The van der Waals surface area contributed by atoms with Crippen molar-refractivity contribution in [2.75, 3.05) is 5.32 Å². The molecule has 10 nitrogen and oxygen atoms in total. The summed E-state index contributed by atoms with van der Waals surface area (Å²) in [5, 5.41) is 17.0. The monoisotopic (exact) mass is 391 g/mol. The van der Waals surface area contributed by atoms with E-state index in [0.717, 1.165) is 15.9 Å². The van der Waals surface area contributed by atoms with Gasteiger partial charge in [-0.05, 0) is 53.2 Å². The van der Waals surface area contributed by atoms with Gasteiger partial charge in [0, 0.05) is 12.1 Å². The fourth-order valence-corrected chi connectivity index (χ4v) is 3.10. The number of carbonyl (C=O) groups excluding carboxylic acids is 1. The Morgan fingerprint density at radius 3 is 2.66 bits per heavy atom. The standard InChI is InChI=1S/C19H17N7O3/c1-12-10-13(6-7-16(12)26-11-20-23-24-26)21-17(27)8-9-25-19(29)15-5-3-2-4-14(15)18(28)22-25/h2-7,10-11H,8-9H2,1H3,(H,21,27)(H,22,28). The lowest BCUT2D eigenvalue weighted by Crippen LogP contribution is -2.31. The number of hydrogen-bond acceptors (Lipinski definition) is 6. The summed E-state index contributed by atoms with van der Waals surface area (Å²) in [6.45, 7) is 1.94. The molecule has 0 radical (unpaired) electrons. The van der Waals surface area contributed by atoms with E-state index < -0.39 is 0 Å². The van der Waals surface area contributed by atoms with Crippen LogP contribution in [0.3, 0.4) is 0 Å². The lowest BCUT2D eigenvalue weighted by Gasteiger charge is -2.10. The summed E-state index contributed by atoms with van der Waals surface area (Å²) in [5.74, 6) is -0.277. The summed E-state index contributed by atoms with van der Waals surface area (Å²) < 4.78 is 2.69. The lowest BCUT2D eigenvalue weighted by molar-refractivity contribution is -0.116. The predicted octanol–water partition coefficient (Wildman–Crippen LogP) is 1.00. The Morgan fingerprint density at radius 1 is 1.14 bits per heavy atom. The van der Waals surface area contributed by atoms with E-state index in [9.17, 15) is 14.4 Å². The third kappa shape index (κ3) is 3.68. The summed E-state index contributed by atoms with van der Waals surface area (Å²) in [6, 6.07) is 11.9. The number of tetrazole rings is 1. The minimum Gasteiger partial charge on any atom is -0.326 e. The number of amides is 1. The number of rotatable bonds is 5. The van der Waals surface area contributed by atoms with Gasteiger partial charge in [0.2, 0.25) is 5.91 Å². The van der Waals surface area contributed by atoms with E-state index >= 15 is 0 Å². The molecular formula is C19H17N7O3. The normalized spacial score (nSPS) is 10.9. The van der Waals surface area contributed by atoms with E-state index in [1.54, 1.807) is 42.5 Å². The van der Waals surface area contributed by atoms with Crippen LogP contribution in [0.2, 0.25) is 0 Å². The number of aromatic amines is 1. The van der Waals surface area contributed by atoms with Crippen LogP contribution in [-0.2, 0) is 11.3 Å². The van der Waals surface area contributed by atoms with Crippen molar-refractivity contribution in [1.29, 1.82) is 0 Å². The first-order valence-corrected chi connectivity index (χ1v) is 8.88. The lowest BCUT2D eigenvalue weighted by atomic mass is 10.1. The molecule has 0 fully saturated rings. The first kappa shape index (κ1) is 18.3. The van der Waals surface area contributed by atoms with Gasteiger partial charge >= 0.3 is 0 Å². The zero-order valence-corrected chi connectivity index (χ0v) is 15.5. The zero-order valence-electron chi connectivity index (χ0n) is 15.5. The molecule has 0 saturated heterocycles. The second-order valence-corrected chi connectivity index (χ2v) is 6.50. The number of benzene rings is 2. The molecule has 10 heteroatoms. The van der Waals surface area contributed by atoms with Crippen LogP contribution in [-0.4, -0.2) is 35.9 Å². The fourth-order valence-electron chi connectivity index (χ4n) is 3.10. The van der Waals surface area contributed by atoms with Crippen LogP contribution in [0.1, 0.15) is 12.0 Å². The van der Waals surface area contributed by atoms with E-state index in [0.29, 0.717) is 16.5 Å². The van der Waals surface area contributed by atoms with Crippen molar-refractivity contribution in [1.82, 2.24) is 30.0 Å². The first-order valence-electron chi connectivity index (χ1n) is 8.88. The van der Waals surface area contributed by atoms with Crippen LogP contribution < -0.4 is 16.4 Å². The molecule has 2 aromatic carbocycles. The van der Waals surface area contributed by atoms with Crippen molar-refractivity contribution in [2.45, 2.75) is 19.9 Å². The van der Waals surface area contributed by atoms with E-state index in [1.807, 2.05) is 6.92 Å². The van der Waals surface area contributed by atoms with Crippen LogP contribution >= 0.6 is 0 Å². The van der Waals surface area contributed by atoms with Crippen molar-refractivity contribution >= 4 is 22.4 Å². The molecule has 1 amide bonds. The fraction of sp³-hybridized carbons (Fsp3) is 0.158. The van der Waals surface area contributed by atoms with Gasteiger partial charge in [0.05, 0.1) is 23.0 Å². The van der Waals surface area contributed by atoms with Crippen LogP contribution in [0.25, 0.3) is 16.5 Å². The summed E-state index contributed by atoms with van der Waals surface area (Å²) in [5.41, 5.74) is 1.59. The summed E-state index contributed by atoms with van der Waals surface area (Å²) in [6.07, 6.45) is 1.52. The number of anilines is 1. The minimum atomic E-state index is -0.366.